The van der Waals surface area contributed by atoms with Crippen molar-refractivity contribution in [1.82, 2.24) is 15.0 Å². The van der Waals surface area contributed by atoms with Gasteiger partial charge in [0.05, 0.1) is 5.52 Å². The number of hydrogen-bond donors (Lipinski definition) is 2. The van der Waals surface area contributed by atoms with Crippen LogP contribution < -0.4 is 11.2 Å². The van der Waals surface area contributed by atoms with E-state index >= 15 is 0 Å². The van der Waals surface area contributed by atoms with Crippen molar-refractivity contribution in [1.29, 1.82) is 0 Å². The van der Waals surface area contributed by atoms with E-state index in [0.29, 0.717) is 11.1 Å². The molecule has 2 heterocycles. The van der Waals surface area contributed by atoms with Gasteiger partial charge in [-0.3, -0.25) is 4.79 Å². The Labute approximate surface area is 127 Å². The second kappa shape index (κ2) is 4.66. The number of pyridine rings is 1. The van der Waals surface area contributed by atoms with Crippen LogP contribution in [0.5, 0.6) is 0 Å². The van der Waals surface area contributed by atoms with E-state index in [2.05, 4.69) is 15.0 Å². The Hall–Kier alpha value is -2.69. The van der Waals surface area contributed by atoms with Gasteiger partial charge < -0.3 is 10.7 Å². The molecule has 22 heavy (non-hydrogen) atoms. The third-order valence-corrected chi connectivity index (χ3v) is 4.21. The van der Waals surface area contributed by atoms with Crippen LogP contribution in [-0.4, -0.2) is 15.0 Å². The van der Waals surface area contributed by atoms with E-state index in [4.69, 9.17) is 5.73 Å². The highest BCUT2D eigenvalue weighted by molar-refractivity contribution is 5.81. The van der Waals surface area contributed by atoms with Crippen LogP contribution >= 0.6 is 0 Å². The van der Waals surface area contributed by atoms with Gasteiger partial charge in [-0.2, -0.15) is 0 Å². The zero-order chi connectivity index (χ0) is 15.3. The summed E-state index contributed by atoms with van der Waals surface area (Å²) in [7, 11) is 0. The van der Waals surface area contributed by atoms with Crippen LogP contribution in [0.15, 0.2) is 41.3 Å². The minimum atomic E-state index is 0.0274. The second-order valence-corrected chi connectivity index (χ2v) is 5.90. The molecule has 2 aromatic heterocycles. The fourth-order valence-electron chi connectivity index (χ4n) is 2.96. The average molecular weight is 292 g/mol. The summed E-state index contributed by atoms with van der Waals surface area (Å²) in [5.74, 6) is 1.42. The Kier molecular flexibility index (Phi) is 2.76. The van der Waals surface area contributed by atoms with Gasteiger partial charge in [-0.05, 0) is 37.6 Å². The maximum Gasteiger partial charge on any atom is 0.189 e. The van der Waals surface area contributed by atoms with Crippen molar-refractivity contribution in [3.8, 4) is 0 Å². The summed E-state index contributed by atoms with van der Waals surface area (Å²) in [5, 5.41) is 0.668. The number of aryl methyl sites for hydroxylation is 1. The van der Waals surface area contributed by atoms with Crippen LogP contribution in [0, 0.1) is 6.92 Å². The third-order valence-electron chi connectivity index (χ3n) is 4.21. The molecule has 110 valence electrons. The number of nitrogens with one attached hydrogen (secondary N) is 1. The topological polar surface area (TPSA) is 84.7 Å². The molecule has 0 bridgehead atoms. The lowest BCUT2D eigenvalue weighted by molar-refractivity contribution is 0.867. The fraction of sp³-hybridized carbons (Fsp3) is 0.235. The first kappa shape index (κ1) is 13.0. The molecule has 1 fully saturated rings. The number of aromatic nitrogens is 3. The molecule has 0 amide bonds. The lowest BCUT2D eigenvalue weighted by atomic mass is 10.1. The van der Waals surface area contributed by atoms with Gasteiger partial charge in [0.1, 0.15) is 5.82 Å². The minimum absolute atomic E-state index is 0.0274. The first-order valence-corrected chi connectivity index (χ1v) is 7.34. The molecule has 3 aromatic rings. The summed E-state index contributed by atoms with van der Waals surface area (Å²) < 4.78 is 0. The Morgan fingerprint density at radius 2 is 2.09 bits per heavy atom. The number of fused-ring (bicyclic) bond motifs is 1. The lowest BCUT2D eigenvalue weighted by Gasteiger charge is -2.05. The van der Waals surface area contributed by atoms with Crippen LogP contribution in [0.4, 0.5) is 5.69 Å². The molecular formula is C17H16N4O. The average Bonchev–Trinajstić information content (AvgIpc) is 3.27. The molecule has 1 aliphatic rings. The van der Waals surface area contributed by atoms with E-state index in [1.54, 1.807) is 30.5 Å². The first-order valence-electron chi connectivity index (χ1n) is 7.34. The van der Waals surface area contributed by atoms with Crippen molar-refractivity contribution < 1.29 is 0 Å². The van der Waals surface area contributed by atoms with E-state index in [1.165, 1.54) is 0 Å². The largest absolute Gasteiger partial charge is 0.399 e. The molecular weight excluding hydrogens is 276 g/mol. The highest BCUT2D eigenvalue weighted by Crippen LogP contribution is 2.52. The summed E-state index contributed by atoms with van der Waals surface area (Å²) in [4.78, 5) is 24.4. The van der Waals surface area contributed by atoms with Crippen LogP contribution in [-0.2, 0) is 0 Å². The fourth-order valence-corrected chi connectivity index (χ4v) is 2.96. The number of H-pyrrole nitrogens is 1. The molecule has 1 aliphatic carbocycles. The minimum Gasteiger partial charge on any atom is -0.399 e. The predicted octanol–water partition coefficient (Wildman–Crippen LogP) is 2.48. The quantitative estimate of drug-likeness (QED) is 0.711. The number of benzene rings is 1. The number of rotatable bonds is 2. The Morgan fingerprint density at radius 3 is 2.91 bits per heavy atom. The lowest BCUT2D eigenvalue weighted by Crippen LogP contribution is -2.05. The van der Waals surface area contributed by atoms with E-state index in [9.17, 15) is 4.79 Å². The Bertz CT molecular complexity index is 931. The second-order valence-electron chi connectivity index (χ2n) is 5.90. The predicted molar refractivity (Wildman–Crippen MR) is 85.8 cm³/mol. The number of nitrogen functional groups attached to an aromatic ring is 1. The summed E-state index contributed by atoms with van der Waals surface area (Å²) in [6.07, 6.45) is 2.75. The van der Waals surface area contributed by atoms with Crippen molar-refractivity contribution in [3.05, 3.63) is 64.0 Å². The number of anilines is 1. The zero-order valence-electron chi connectivity index (χ0n) is 12.2. The maximum atomic E-state index is 12.2. The van der Waals surface area contributed by atoms with Crippen molar-refractivity contribution in [3.63, 3.8) is 0 Å². The molecule has 1 saturated carbocycles. The molecule has 0 aliphatic heterocycles. The van der Waals surface area contributed by atoms with Gasteiger partial charge in [0.25, 0.3) is 0 Å². The van der Waals surface area contributed by atoms with Crippen molar-refractivity contribution >= 4 is 16.6 Å². The standard InChI is InChI=1S/C17H16N4O/c1-9-4-5-19-17(20-9)13-7-12(13)15-8-16(22)11-3-2-10(18)6-14(11)21-15/h2-6,8,12-13H,7,18H2,1H3,(H,21,22)/t12-,13-/m0/s1. The molecule has 3 N–H and O–H groups in total. The third kappa shape index (κ3) is 2.15. The highest BCUT2D eigenvalue weighted by atomic mass is 16.1. The maximum absolute atomic E-state index is 12.2. The Morgan fingerprint density at radius 1 is 1.23 bits per heavy atom. The SMILES string of the molecule is Cc1ccnc([C@H]2C[C@@H]2c2cc(=O)c3ccc(N)cc3[nH]2)n1. The van der Waals surface area contributed by atoms with Crippen LogP contribution in [0.2, 0.25) is 0 Å². The van der Waals surface area contributed by atoms with Crippen molar-refractivity contribution in [2.24, 2.45) is 0 Å². The van der Waals surface area contributed by atoms with Crippen molar-refractivity contribution in [2.45, 2.75) is 25.2 Å². The van der Waals surface area contributed by atoms with Gasteiger partial charge in [0.15, 0.2) is 5.43 Å². The summed E-state index contributed by atoms with van der Waals surface area (Å²) in [6.45, 7) is 1.96. The van der Waals surface area contributed by atoms with Gasteiger partial charge in [0.2, 0.25) is 0 Å². The normalized spacial score (nSPS) is 20.2. The molecule has 4 rings (SSSR count). The molecule has 1 aromatic carbocycles. The number of hydrogen-bond acceptors (Lipinski definition) is 4. The molecule has 0 unspecified atom stereocenters. The van der Waals surface area contributed by atoms with Crippen LogP contribution in [0.1, 0.15) is 35.5 Å². The highest BCUT2D eigenvalue weighted by Gasteiger charge is 2.42. The smallest absolute Gasteiger partial charge is 0.189 e. The number of nitrogens with zero attached hydrogens (tertiary/aromatic N) is 2. The first-order chi connectivity index (χ1) is 10.6. The van der Waals surface area contributed by atoms with Gasteiger partial charge in [-0.1, -0.05) is 0 Å². The molecule has 0 spiro atoms. The Balaban J connectivity index is 1.72. The zero-order valence-corrected chi connectivity index (χ0v) is 12.2. The van der Waals surface area contributed by atoms with E-state index < -0.39 is 0 Å². The summed E-state index contributed by atoms with van der Waals surface area (Å²) in [5.41, 5.74) is 9.18. The van der Waals surface area contributed by atoms with Gasteiger partial charge in [-0.25, -0.2) is 9.97 Å². The van der Waals surface area contributed by atoms with Crippen LogP contribution in [0.3, 0.4) is 0 Å². The van der Waals surface area contributed by atoms with Crippen molar-refractivity contribution in [2.75, 3.05) is 5.73 Å². The van der Waals surface area contributed by atoms with E-state index in [0.717, 1.165) is 29.1 Å². The molecule has 5 heteroatoms. The van der Waals surface area contributed by atoms with Gasteiger partial charge in [0, 0.05) is 46.6 Å². The molecule has 0 radical (unpaired) electrons. The number of aromatic amines is 1. The van der Waals surface area contributed by atoms with Gasteiger partial charge >= 0.3 is 0 Å². The molecule has 0 saturated heterocycles. The van der Waals surface area contributed by atoms with E-state index in [-0.39, 0.29) is 17.3 Å². The molecule has 5 nitrogen and oxygen atoms in total. The summed E-state index contributed by atoms with van der Waals surface area (Å²) >= 11 is 0. The monoisotopic (exact) mass is 292 g/mol. The van der Waals surface area contributed by atoms with Crippen LogP contribution in [0.25, 0.3) is 10.9 Å². The molecule has 2 atom stereocenters. The number of nitrogens with two attached hydrogens (primary N) is 1. The summed E-state index contributed by atoms with van der Waals surface area (Å²) in [6, 6.07) is 8.90. The van der Waals surface area contributed by atoms with E-state index in [1.807, 2.05) is 13.0 Å². The van der Waals surface area contributed by atoms with Gasteiger partial charge in [-0.15, -0.1) is 0 Å².